The van der Waals surface area contributed by atoms with Gasteiger partial charge in [0.1, 0.15) is 48.9 Å². The third-order valence-corrected chi connectivity index (χ3v) is 13.2. The van der Waals surface area contributed by atoms with Gasteiger partial charge in [0.25, 0.3) is 46.2 Å². The predicted molar refractivity (Wildman–Crippen MR) is 264 cm³/mol. The summed E-state index contributed by atoms with van der Waals surface area (Å²) in [7, 11) is -25.5. The zero-order valence-electron chi connectivity index (χ0n) is 38.0. The molecule has 0 radical (unpaired) electrons. The van der Waals surface area contributed by atoms with Gasteiger partial charge >= 0.3 is 21.2 Å². The van der Waals surface area contributed by atoms with Gasteiger partial charge in [0.05, 0.1) is 45.1 Å². The van der Waals surface area contributed by atoms with E-state index in [1.807, 2.05) is 0 Å². The Morgan fingerprint density at radius 3 is 1.45 bits per heavy atom. The summed E-state index contributed by atoms with van der Waals surface area (Å²) in [6.45, 7) is 0. The van der Waals surface area contributed by atoms with Crippen molar-refractivity contribution in [1.29, 1.82) is 0 Å². The third kappa shape index (κ3) is 14.9. The van der Waals surface area contributed by atoms with Crippen LogP contribution in [0.2, 0.25) is 0 Å². The number of nitrogens with two attached hydrogens (primary N) is 1. The van der Waals surface area contributed by atoms with E-state index in [1.165, 1.54) is 49.6 Å². The number of nitro benzene ring substituents is 1. The number of fused-ring (bicyclic) bond motifs is 2. The van der Waals surface area contributed by atoms with Crippen molar-refractivity contribution in [1.82, 2.24) is 0 Å². The number of benzene rings is 7. The fourth-order valence-corrected chi connectivity index (χ4v) is 9.10. The second-order valence-electron chi connectivity index (χ2n) is 14.5. The van der Waals surface area contributed by atoms with Gasteiger partial charge in [-0.05, 0) is 84.9 Å². The van der Waals surface area contributed by atoms with Gasteiger partial charge in [-0.25, -0.2) is 0 Å². The summed E-state index contributed by atoms with van der Waals surface area (Å²) in [5.41, 5.74) is 2.93. The van der Waals surface area contributed by atoms with E-state index in [0.717, 1.165) is 48.5 Å². The Kier molecular flexibility index (Phi) is 18.3. The van der Waals surface area contributed by atoms with E-state index in [2.05, 4.69) is 40.9 Å². The van der Waals surface area contributed by atoms with Crippen molar-refractivity contribution >= 4 is 140 Å². The molecule has 7 rings (SSSR count). The lowest BCUT2D eigenvalue weighted by atomic mass is 10.1. The number of non-ortho nitro benzene ring substituents is 1. The van der Waals surface area contributed by atoms with Gasteiger partial charge in [0, 0.05) is 28.3 Å². The molecule has 0 unspecified atom stereocenters. The zero-order valence-corrected chi connectivity index (χ0v) is 42.9. The zero-order chi connectivity index (χ0) is 58.2. The second kappa shape index (κ2) is 23.9. The molecule has 0 aromatic heterocycles. The molecule has 0 heterocycles. The number of hydrogen-bond acceptors (Lipinski definition) is 28. The largest absolute Gasteiger partial charge is 0.505 e. The van der Waals surface area contributed by atoms with Crippen LogP contribution < -0.4 is 10.5 Å². The quantitative estimate of drug-likeness (QED) is 0.0182. The maximum atomic E-state index is 13.0. The molecule has 78 heavy (non-hydrogen) atoms. The number of phenolic OH excluding ortho intramolecular Hbond substituents is 2. The number of aromatic hydroxyl groups is 2. The topological polar surface area (TPSA) is 538 Å². The van der Waals surface area contributed by atoms with Crippen molar-refractivity contribution in [3.8, 4) is 17.2 Å². The molecule has 0 aliphatic heterocycles. The van der Waals surface area contributed by atoms with Crippen LogP contribution >= 0.6 is 0 Å². The lowest BCUT2D eigenvalue weighted by Crippen LogP contribution is -2.03. The highest BCUT2D eigenvalue weighted by atomic mass is 32.2. The maximum Gasteiger partial charge on any atom is 0.425 e. The lowest BCUT2D eigenvalue weighted by molar-refractivity contribution is -0.384. The molecule has 408 valence electrons. The number of nitro groups is 1. The number of phenols is 2. The summed E-state index contributed by atoms with van der Waals surface area (Å²) >= 11 is 0. The van der Waals surface area contributed by atoms with Gasteiger partial charge in [-0.15, -0.1) is 50.8 Å². The maximum absolute atomic E-state index is 13.0. The molecule has 0 aliphatic rings. The van der Waals surface area contributed by atoms with E-state index < -0.39 is 143 Å². The van der Waals surface area contributed by atoms with Crippen LogP contribution in [0.4, 0.5) is 56.9 Å². The van der Waals surface area contributed by atoms with Crippen LogP contribution in [0.1, 0.15) is 0 Å². The number of hydrogen-bond donors (Lipinski definition) is 7. The molecule has 0 atom stereocenters. The van der Waals surface area contributed by atoms with Crippen molar-refractivity contribution in [2.45, 2.75) is 19.6 Å². The Hall–Kier alpha value is -9.06. The molecule has 8 N–H and O–H groups in total. The first-order valence-electron chi connectivity index (χ1n) is 19.8. The van der Waals surface area contributed by atoms with Crippen molar-refractivity contribution in [3.05, 3.63) is 113 Å². The van der Waals surface area contributed by atoms with Crippen LogP contribution in [0.3, 0.4) is 0 Å². The highest BCUT2D eigenvalue weighted by Gasteiger charge is 2.29. The molecule has 0 bridgehead atoms. The monoisotopic (exact) mass is 1200 g/mol. The van der Waals surface area contributed by atoms with Crippen LogP contribution in [0.25, 0.3) is 21.5 Å². The average molecular weight is 1200 g/mol. The van der Waals surface area contributed by atoms with E-state index in [-0.39, 0.29) is 38.8 Å². The van der Waals surface area contributed by atoms with Crippen molar-refractivity contribution in [2.24, 2.45) is 40.9 Å². The highest BCUT2D eigenvalue weighted by Crippen LogP contribution is 2.48. The van der Waals surface area contributed by atoms with Crippen molar-refractivity contribution < 1.29 is 97.0 Å². The molecule has 0 saturated heterocycles. The molecule has 7 aromatic rings. The Morgan fingerprint density at radius 2 is 0.962 bits per heavy atom. The normalized spacial score (nSPS) is 12.2. The van der Waals surface area contributed by atoms with E-state index in [4.69, 9.17) is 40.3 Å². The van der Waals surface area contributed by atoms with Crippen molar-refractivity contribution in [2.75, 3.05) is 12.8 Å². The van der Waals surface area contributed by atoms with E-state index in [0.29, 0.717) is 12.1 Å². The van der Waals surface area contributed by atoms with E-state index in [1.54, 1.807) is 0 Å². The minimum Gasteiger partial charge on any atom is -0.505 e. The first-order valence-corrected chi connectivity index (χ1v) is 27.5. The Balaban J connectivity index is 0.00000131. The summed E-state index contributed by atoms with van der Waals surface area (Å²) in [5, 5.41) is 62.7. The molecular formula is C39H28N10O23S6. The summed E-state index contributed by atoms with van der Waals surface area (Å²) in [6, 6.07) is 18.7. The summed E-state index contributed by atoms with van der Waals surface area (Å²) in [4.78, 5) is 6.92. The number of nitrogens with zero attached hydrogens (tertiary/aromatic N) is 9. The fraction of sp³-hybridized carbons (Fsp3) is 0.0256. The molecule has 0 fully saturated rings. The summed E-state index contributed by atoms with van der Waals surface area (Å²) in [5.74, 6) is -1.90. The molecule has 39 heteroatoms. The van der Waals surface area contributed by atoms with E-state index >= 15 is 0 Å². The number of anilines is 1. The summed E-state index contributed by atoms with van der Waals surface area (Å²) in [6.07, 6.45) is 0. The van der Waals surface area contributed by atoms with Crippen molar-refractivity contribution in [3.63, 3.8) is 0 Å². The van der Waals surface area contributed by atoms with Gasteiger partial charge < -0.3 is 20.7 Å². The van der Waals surface area contributed by atoms with Crippen LogP contribution in [0.15, 0.2) is 164 Å². The predicted octanol–water partition coefficient (Wildman–Crippen LogP) is 7.54. The molecular weight excluding hydrogens is 1170 g/mol. The van der Waals surface area contributed by atoms with Gasteiger partial charge in [-0.1, -0.05) is 6.07 Å². The number of ether oxygens (including phenoxy) is 1. The van der Waals surface area contributed by atoms with Crippen LogP contribution in [-0.2, 0) is 61.7 Å². The minimum absolute atomic E-state index is 0.0202. The lowest BCUT2D eigenvalue weighted by Gasteiger charge is -2.13. The number of methoxy groups -OCH3 is 1. The number of rotatable bonds is 14. The minimum atomic E-state index is -5.50. The molecule has 0 aliphatic carbocycles. The smallest absolute Gasteiger partial charge is 0.425 e. The second-order valence-corrected chi connectivity index (χ2v) is 20.9. The first kappa shape index (κ1) is 59.8. The number of azo groups is 4. The van der Waals surface area contributed by atoms with E-state index in [9.17, 15) is 67.7 Å². The van der Waals surface area contributed by atoms with Gasteiger partial charge in [-0.2, -0.15) is 49.0 Å². The van der Waals surface area contributed by atoms with Gasteiger partial charge in [0.15, 0.2) is 11.5 Å². The number of nitrogen functional groups attached to an aromatic ring is 1. The first-order chi connectivity index (χ1) is 36.2. The molecule has 0 amide bonds. The van der Waals surface area contributed by atoms with Crippen LogP contribution in [0, 0.1) is 10.1 Å². The Morgan fingerprint density at radius 1 is 0.500 bits per heavy atom. The van der Waals surface area contributed by atoms with Gasteiger partial charge in [0.2, 0.25) is 0 Å². The Labute approximate surface area is 438 Å². The summed E-state index contributed by atoms with van der Waals surface area (Å²) < 4.78 is 195. The molecule has 0 saturated carbocycles. The average Bonchev–Trinajstić information content (AvgIpc) is 3.52. The molecule has 33 nitrogen and oxygen atoms in total. The SMILES string of the molecule is COc1ccc([N+](=O)[O-])cc1N=Nc1ccc2c(S(=O)(=O)O)cc(N=Nc3ccc4c(O)c(N=Nc5ccc(N=Nc6ccc(S(=O)(=O)O)cc6)cc5)c(S(=O)(=O)O)cc4c3S(=O)(=O)O)c(N)c2c1O.O=S(=O)=O.O=S(=O)=O. The third-order valence-electron chi connectivity index (χ3n) is 9.65. The van der Waals surface area contributed by atoms with Crippen LogP contribution in [-0.4, -0.2) is 99.4 Å². The highest BCUT2D eigenvalue weighted by molar-refractivity contribution is 7.87. The van der Waals surface area contributed by atoms with Gasteiger partial charge in [-0.3, -0.25) is 28.3 Å². The molecule has 0 spiro atoms. The molecule has 7 aromatic carbocycles. The Bertz CT molecular complexity index is 4390. The fourth-order valence-electron chi connectivity index (χ4n) is 6.45. The van der Waals surface area contributed by atoms with Crippen LogP contribution in [0.5, 0.6) is 17.2 Å². The standard InChI is InChI=1S/C39H28N10O17S4.2O3S/c1-66-31-15-8-22(49(52)53)16-29(31)46-44-27-13-12-25-32(68(57,58)59)18-30(35(40)34(25)38(27)51)47-45-28-14-11-24-26(39(28)70(63,64)65)17-33(69(60,61)62)36(37(24)50)48-43-20-4-2-19(3-5-20)41-42-21-6-9-23(10-7-21)67(54,55)56;2*1-4(2)3/h2-18,50-51H,40H2,1H3,(H,54,55,56)(H,57,58,59)(H,60,61,62)(H,63,64,65);;.